The third-order valence-corrected chi connectivity index (χ3v) is 8.33. The number of aromatic nitrogens is 2. The zero-order chi connectivity index (χ0) is 19.7. The highest BCUT2D eigenvalue weighted by Crippen LogP contribution is 2.48. The molecule has 0 aromatic carbocycles. The molecule has 6 atom stereocenters. The van der Waals surface area contributed by atoms with Crippen LogP contribution in [0.4, 0.5) is 5.82 Å². The van der Waals surface area contributed by atoms with Crippen LogP contribution in [0, 0.1) is 36.5 Å². The van der Waals surface area contributed by atoms with Crippen LogP contribution >= 0.6 is 0 Å². The summed E-state index contributed by atoms with van der Waals surface area (Å²) in [6, 6.07) is 3.96. The Balaban J connectivity index is 1.16. The van der Waals surface area contributed by atoms with Crippen LogP contribution in [0.3, 0.4) is 0 Å². The number of hydrogen-bond acceptors (Lipinski definition) is 6. The molecule has 1 aromatic heterocycles. The summed E-state index contributed by atoms with van der Waals surface area (Å²) in [4.78, 5) is 17.5. The number of amides is 1. The Bertz CT molecular complexity index is 792. The van der Waals surface area contributed by atoms with Gasteiger partial charge in [0.25, 0.3) is 0 Å². The molecule has 4 saturated heterocycles. The van der Waals surface area contributed by atoms with Gasteiger partial charge in [-0.3, -0.25) is 4.79 Å². The molecule has 5 fully saturated rings. The molecule has 1 unspecified atom stereocenters. The van der Waals surface area contributed by atoms with E-state index in [2.05, 4.69) is 20.0 Å². The van der Waals surface area contributed by atoms with E-state index in [1.54, 1.807) is 0 Å². The molecule has 0 spiro atoms. The van der Waals surface area contributed by atoms with Crippen LogP contribution in [0.15, 0.2) is 12.1 Å². The lowest BCUT2D eigenvalue weighted by molar-refractivity contribution is -0.154. The van der Waals surface area contributed by atoms with Gasteiger partial charge < -0.3 is 19.6 Å². The molecular formula is C22H30N4O3. The van der Waals surface area contributed by atoms with Crippen molar-refractivity contribution in [2.75, 3.05) is 31.1 Å². The van der Waals surface area contributed by atoms with Crippen molar-refractivity contribution in [1.82, 2.24) is 15.1 Å². The minimum atomic E-state index is -0.503. The fraction of sp³-hybridized carbons (Fsp3) is 0.773. The van der Waals surface area contributed by atoms with Gasteiger partial charge in [-0.15, -0.1) is 5.10 Å². The second kappa shape index (κ2) is 6.64. The topological polar surface area (TPSA) is 78.8 Å². The van der Waals surface area contributed by atoms with Crippen molar-refractivity contribution in [2.24, 2.45) is 29.6 Å². The summed E-state index contributed by atoms with van der Waals surface area (Å²) in [5, 5.41) is 19.4. The lowest BCUT2D eigenvalue weighted by Gasteiger charge is -2.47. The van der Waals surface area contributed by atoms with E-state index >= 15 is 0 Å². The van der Waals surface area contributed by atoms with E-state index in [1.807, 2.05) is 19.1 Å². The van der Waals surface area contributed by atoms with Crippen molar-refractivity contribution in [2.45, 2.75) is 50.9 Å². The molecule has 1 aliphatic carbocycles. The van der Waals surface area contributed by atoms with Crippen LogP contribution in [-0.4, -0.2) is 70.6 Å². The van der Waals surface area contributed by atoms with Gasteiger partial charge in [-0.1, -0.05) is 19.3 Å². The van der Waals surface area contributed by atoms with Crippen LogP contribution in [0.5, 0.6) is 0 Å². The molecule has 0 radical (unpaired) electrons. The number of aryl methyl sites for hydroxylation is 1. The molecule has 29 heavy (non-hydrogen) atoms. The van der Waals surface area contributed by atoms with Crippen molar-refractivity contribution in [3.63, 3.8) is 0 Å². The van der Waals surface area contributed by atoms with Gasteiger partial charge in [0, 0.05) is 38.0 Å². The predicted octanol–water partition coefficient (Wildman–Crippen LogP) is 1.24. The Labute approximate surface area is 171 Å². The van der Waals surface area contributed by atoms with E-state index in [0.717, 1.165) is 49.5 Å². The van der Waals surface area contributed by atoms with Crippen LogP contribution in [0.2, 0.25) is 0 Å². The third kappa shape index (κ3) is 2.81. The second-order valence-corrected chi connectivity index (χ2v) is 9.93. The summed E-state index contributed by atoms with van der Waals surface area (Å²) >= 11 is 0. The van der Waals surface area contributed by atoms with E-state index in [0.29, 0.717) is 6.42 Å². The molecule has 1 N–H and O–H groups in total. The summed E-state index contributed by atoms with van der Waals surface area (Å²) in [6.45, 7) is 5.32. The average molecular weight is 399 g/mol. The monoisotopic (exact) mass is 398 g/mol. The fourth-order valence-electron chi connectivity index (χ4n) is 6.32. The average Bonchev–Trinajstić information content (AvgIpc) is 3.25. The van der Waals surface area contributed by atoms with Crippen LogP contribution < -0.4 is 4.90 Å². The first-order valence-corrected chi connectivity index (χ1v) is 11.3. The van der Waals surface area contributed by atoms with E-state index < -0.39 is 6.10 Å². The maximum atomic E-state index is 13.3. The van der Waals surface area contributed by atoms with Gasteiger partial charge in [0.05, 0.1) is 29.9 Å². The number of carbonyl (C=O) groups excluding carboxylic acids is 1. The Morgan fingerprint density at radius 1 is 1.10 bits per heavy atom. The Kier molecular flexibility index (Phi) is 4.14. The Morgan fingerprint density at radius 2 is 1.90 bits per heavy atom. The van der Waals surface area contributed by atoms with Gasteiger partial charge in [-0.25, -0.2) is 0 Å². The number of anilines is 1. The van der Waals surface area contributed by atoms with Gasteiger partial charge in [-0.05, 0) is 37.3 Å². The molecule has 7 heteroatoms. The highest BCUT2D eigenvalue weighted by molar-refractivity contribution is 5.81. The van der Waals surface area contributed by atoms with Gasteiger partial charge in [0.1, 0.15) is 0 Å². The summed E-state index contributed by atoms with van der Waals surface area (Å²) in [7, 11) is 0. The molecule has 1 saturated carbocycles. The summed E-state index contributed by atoms with van der Waals surface area (Å²) in [5.41, 5.74) is 0.896. The summed E-state index contributed by atoms with van der Waals surface area (Å²) < 4.78 is 6.23. The van der Waals surface area contributed by atoms with Gasteiger partial charge in [-0.2, -0.15) is 5.10 Å². The molecule has 2 bridgehead atoms. The first-order chi connectivity index (χ1) is 14.1. The first kappa shape index (κ1) is 18.1. The molecule has 1 aromatic rings. The van der Waals surface area contributed by atoms with E-state index in [4.69, 9.17) is 4.74 Å². The Hall–Kier alpha value is -1.73. The number of fused-ring (bicyclic) bond motifs is 4. The quantitative estimate of drug-likeness (QED) is 0.826. The van der Waals surface area contributed by atoms with Crippen molar-refractivity contribution >= 4 is 11.7 Å². The highest BCUT2D eigenvalue weighted by Gasteiger charge is 2.59. The third-order valence-electron chi connectivity index (χ3n) is 8.33. The van der Waals surface area contributed by atoms with Crippen LogP contribution in [-0.2, 0) is 9.53 Å². The maximum Gasteiger partial charge on any atom is 0.228 e. The van der Waals surface area contributed by atoms with E-state index in [9.17, 15) is 9.90 Å². The highest BCUT2D eigenvalue weighted by atomic mass is 16.5. The first-order valence-electron chi connectivity index (χ1n) is 11.3. The van der Waals surface area contributed by atoms with Crippen molar-refractivity contribution in [3.05, 3.63) is 17.8 Å². The molecule has 7 nitrogen and oxygen atoms in total. The number of likely N-dealkylation sites (tertiary alicyclic amines) is 1. The predicted molar refractivity (Wildman–Crippen MR) is 106 cm³/mol. The Morgan fingerprint density at radius 3 is 2.59 bits per heavy atom. The normalized spacial score (nSPS) is 39.2. The minimum absolute atomic E-state index is 0.0768. The number of aliphatic hydroxyl groups excluding tert-OH is 1. The van der Waals surface area contributed by atoms with Gasteiger partial charge >= 0.3 is 0 Å². The number of carbonyl (C=O) groups is 1. The summed E-state index contributed by atoms with van der Waals surface area (Å²) in [5.74, 6) is 2.88. The van der Waals surface area contributed by atoms with Gasteiger partial charge in [0.2, 0.25) is 5.91 Å². The molecular weight excluding hydrogens is 368 g/mol. The molecule has 156 valence electrons. The maximum absolute atomic E-state index is 13.3. The van der Waals surface area contributed by atoms with E-state index in [-0.39, 0.29) is 35.9 Å². The fourth-order valence-corrected chi connectivity index (χ4v) is 6.32. The zero-order valence-electron chi connectivity index (χ0n) is 17.0. The molecule has 5 aliphatic rings. The van der Waals surface area contributed by atoms with Crippen molar-refractivity contribution in [3.8, 4) is 0 Å². The largest absolute Gasteiger partial charge is 0.390 e. The SMILES string of the molecule is Cc1ccc(N2C[C@H]3[C@H](O)[C@@H]4CC(C(=O)N5CC(C6CCC6)C5)[C@@H](O4)[C@H]3C2)nn1. The number of aliphatic hydroxyl groups is 1. The number of rotatable bonds is 3. The second-order valence-electron chi connectivity index (χ2n) is 9.93. The van der Waals surface area contributed by atoms with E-state index in [1.165, 1.54) is 19.3 Å². The number of hydrogen-bond donors (Lipinski definition) is 1. The smallest absolute Gasteiger partial charge is 0.228 e. The molecule has 1 amide bonds. The van der Waals surface area contributed by atoms with Crippen LogP contribution in [0.1, 0.15) is 31.4 Å². The standard InChI is InChI=1S/C22H30N4O3/c1-12-5-6-19(24-23-12)25-10-16-17(11-25)21-15(7-18(29-21)20(16)27)22(28)26-8-14(9-26)13-3-2-4-13/h5-6,13-18,20-21,27H,2-4,7-11H2,1H3/t15?,16-,17+,18+,20+,21-/m1/s1. The molecule has 4 aliphatic heterocycles. The van der Waals surface area contributed by atoms with Crippen molar-refractivity contribution < 1.29 is 14.6 Å². The number of ether oxygens (including phenoxy) is 1. The zero-order valence-corrected chi connectivity index (χ0v) is 17.0. The van der Waals surface area contributed by atoms with Crippen molar-refractivity contribution in [1.29, 1.82) is 0 Å². The molecule has 5 heterocycles. The minimum Gasteiger partial charge on any atom is -0.390 e. The number of nitrogens with zero attached hydrogens (tertiary/aromatic N) is 4. The molecule has 6 rings (SSSR count). The lowest BCUT2D eigenvalue weighted by Crippen LogP contribution is -2.56. The van der Waals surface area contributed by atoms with Crippen LogP contribution in [0.25, 0.3) is 0 Å². The lowest BCUT2D eigenvalue weighted by atomic mass is 9.72. The van der Waals surface area contributed by atoms with Gasteiger partial charge in [0.15, 0.2) is 5.82 Å². The summed E-state index contributed by atoms with van der Waals surface area (Å²) in [6.07, 6.45) is 3.94.